The molecule has 35 heavy (non-hydrogen) atoms. The Morgan fingerprint density at radius 3 is 2.49 bits per heavy atom. The molecular weight excluding hydrogens is 449 g/mol. The Morgan fingerprint density at radius 1 is 1.00 bits per heavy atom. The highest BCUT2D eigenvalue weighted by Crippen LogP contribution is 2.66. The first kappa shape index (κ1) is 27.0. The molecule has 4 rings (SSSR count). The van der Waals surface area contributed by atoms with Gasteiger partial charge in [-0.25, -0.2) is 0 Å². The smallest absolute Gasteiger partial charge is 0.399 e. The van der Waals surface area contributed by atoms with Crippen LogP contribution in [0.3, 0.4) is 0 Å². The fourth-order valence-corrected chi connectivity index (χ4v) is 8.87. The number of rotatable bonds is 9. The Balaban J connectivity index is 1.36. The number of halogens is 3. The molecule has 5 heteroatoms. The monoisotopic (exact) mass is 496 g/mol. The van der Waals surface area contributed by atoms with Gasteiger partial charge in [0.15, 0.2) is 0 Å². The topological polar surface area (TPSA) is 26.3 Å². The molecule has 3 fully saturated rings. The van der Waals surface area contributed by atoms with E-state index in [0.29, 0.717) is 24.2 Å². The summed E-state index contributed by atoms with van der Waals surface area (Å²) < 4.78 is 42.9. The van der Waals surface area contributed by atoms with Crippen LogP contribution in [-0.4, -0.2) is 18.2 Å². The minimum atomic E-state index is -4.50. The zero-order valence-corrected chi connectivity index (χ0v) is 22.2. The van der Waals surface area contributed by atoms with Gasteiger partial charge < -0.3 is 4.74 Å². The Morgan fingerprint density at radius 2 is 1.74 bits per heavy atom. The normalized spacial score (nSPS) is 38.8. The summed E-state index contributed by atoms with van der Waals surface area (Å²) in [4.78, 5) is 11.8. The molecule has 4 aliphatic carbocycles. The summed E-state index contributed by atoms with van der Waals surface area (Å²) in [6, 6.07) is 0. The zero-order chi connectivity index (χ0) is 25.3. The highest BCUT2D eigenvalue weighted by Gasteiger charge is 2.58. The third-order valence-corrected chi connectivity index (χ3v) is 10.8. The number of ether oxygens (including phenoxy) is 1. The molecule has 2 nitrogen and oxygen atoms in total. The van der Waals surface area contributed by atoms with Crippen LogP contribution in [0.4, 0.5) is 13.2 Å². The highest BCUT2D eigenvalue weighted by atomic mass is 19.4. The first-order valence-electron chi connectivity index (χ1n) is 14.5. The van der Waals surface area contributed by atoms with Gasteiger partial charge in [0, 0.05) is 6.42 Å². The number of esters is 1. The quantitative estimate of drug-likeness (QED) is 0.181. The van der Waals surface area contributed by atoms with Crippen LogP contribution in [0, 0.1) is 34.5 Å². The van der Waals surface area contributed by atoms with E-state index in [1.165, 1.54) is 76.2 Å². The van der Waals surface area contributed by atoms with Crippen molar-refractivity contribution in [2.24, 2.45) is 34.5 Å². The minimum absolute atomic E-state index is 0.120. The average molecular weight is 497 g/mol. The first-order valence-corrected chi connectivity index (χ1v) is 14.5. The third kappa shape index (κ3) is 5.79. The minimum Gasteiger partial charge on any atom is -0.462 e. The molecule has 0 aliphatic heterocycles. The van der Waals surface area contributed by atoms with Gasteiger partial charge >= 0.3 is 12.1 Å². The summed E-state index contributed by atoms with van der Waals surface area (Å²) in [6.45, 7) is 7.27. The molecule has 7 atom stereocenters. The van der Waals surface area contributed by atoms with Crippen LogP contribution in [0.25, 0.3) is 0 Å². The molecule has 0 spiro atoms. The van der Waals surface area contributed by atoms with Gasteiger partial charge in [-0.05, 0) is 85.9 Å². The fraction of sp³-hybridized carbons (Fsp3) is 0.900. The summed E-state index contributed by atoms with van der Waals surface area (Å²) in [6.07, 6.45) is 14.4. The van der Waals surface area contributed by atoms with E-state index < -0.39 is 24.7 Å². The number of allylic oxidation sites excluding steroid dienone is 1. The van der Waals surface area contributed by atoms with Gasteiger partial charge in [0.2, 0.25) is 0 Å². The maximum atomic E-state index is 12.6. The zero-order valence-electron chi connectivity index (χ0n) is 22.2. The lowest BCUT2D eigenvalue weighted by Gasteiger charge is -2.58. The molecular formula is C30H47F3O2. The van der Waals surface area contributed by atoms with Gasteiger partial charge in [-0.3, -0.25) is 4.79 Å². The fourth-order valence-electron chi connectivity index (χ4n) is 8.87. The molecule has 0 heterocycles. The molecule has 4 aliphatic rings. The molecule has 0 aromatic heterocycles. The van der Waals surface area contributed by atoms with Crippen molar-refractivity contribution in [3.05, 3.63) is 11.6 Å². The highest BCUT2D eigenvalue weighted by molar-refractivity contribution is 5.70. The van der Waals surface area contributed by atoms with Gasteiger partial charge in [-0.2, -0.15) is 13.2 Å². The van der Waals surface area contributed by atoms with Crippen LogP contribution in [0.2, 0.25) is 0 Å². The molecule has 0 radical (unpaired) electrons. The van der Waals surface area contributed by atoms with Crippen molar-refractivity contribution >= 4 is 5.97 Å². The molecule has 0 aromatic rings. The molecule has 0 N–H and O–H groups in total. The largest absolute Gasteiger partial charge is 0.462 e. The predicted molar refractivity (Wildman–Crippen MR) is 134 cm³/mol. The number of alkyl halides is 3. The molecule has 3 saturated carbocycles. The Hall–Kier alpha value is -1.00. The van der Waals surface area contributed by atoms with Crippen molar-refractivity contribution in [1.82, 2.24) is 0 Å². The number of unbranched alkanes of at least 4 members (excludes halogenated alkanes) is 5. The van der Waals surface area contributed by atoms with Crippen LogP contribution < -0.4 is 0 Å². The number of hydrogen-bond donors (Lipinski definition) is 0. The predicted octanol–water partition coefficient (Wildman–Crippen LogP) is 9.18. The first-order chi connectivity index (χ1) is 16.6. The van der Waals surface area contributed by atoms with Gasteiger partial charge in [0.05, 0.1) is 0 Å². The van der Waals surface area contributed by atoms with Crippen LogP contribution in [0.15, 0.2) is 11.6 Å². The van der Waals surface area contributed by atoms with Crippen LogP contribution >= 0.6 is 0 Å². The van der Waals surface area contributed by atoms with E-state index in [1.807, 2.05) is 0 Å². The lowest BCUT2D eigenvalue weighted by Crippen LogP contribution is -2.50. The number of hydrogen-bond acceptors (Lipinski definition) is 2. The lowest BCUT2D eigenvalue weighted by molar-refractivity contribution is -0.176. The van der Waals surface area contributed by atoms with Gasteiger partial charge in [0.25, 0.3) is 0 Å². The van der Waals surface area contributed by atoms with E-state index in [1.54, 1.807) is 0 Å². The lowest BCUT2D eigenvalue weighted by atomic mass is 9.47. The molecule has 200 valence electrons. The Kier molecular flexibility index (Phi) is 8.33. The standard InChI is InChI=1S/C30H47F3O2/c1-4-5-6-7-8-9-10-21-12-14-25-24-13-11-22-19-23(35-27(34)20-30(31,32)33)15-17-29(22,3)26(24)16-18-28(21,25)2/h11,21,23-26H,4-10,12-20H2,1-3H3/t21-,23+,24-,25+,26-,28-,29+/m1/s1. The summed E-state index contributed by atoms with van der Waals surface area (Å²) in [5.74, 6) is 1.96. The van der Waals surface area contributed by atoms with Crippen molar-refractivity contribution in [1.29, 1.82) is 0 Å². The van der Waals surface area contributed by atoms with E-state index in [2.05, 4.69) is 26.8 Å². The van der Waals surface area contributed by atoms with Crippen molar-refractivity contribution in [3.8, 4) is 0 Å². The van der Waals surface area contributed by atoms with E-state index in [9.17, 15) is 18.0 Å². The molecule has 0 amide bonds. The SMILES string of the molecule is CCCCCCCC[C@@H]1CC[C@H]2[C@H]3CC=C4C[C@@H](OC(=O)CC(F)(F)F)CC[C@]4(C)[C@@H]3CC[C@]12C. The Bertz CT molecular complexity index is 774. The van der Waals surface area contributed by atoms with Crippen molar-refractivity contribution < 1.29 is 22.7 Å². The number of carbonyl (C=O) groups is 1. The van der Waals surface area contributed by atoms with Gasteiger partial charge in [-0.15, -0.1) is 0 Å². The van der Waals surface area contributed by atoms with Crippen LogP contribution in [0.5, 0.6) is 0 Å². The van der Waals surface area contributed by atoms with Crippen molar-refractivity contribution in [2.45, 2.75) is 136 Å². The van der Waals surface area contributed by atoms with E-state index >= 15 is 0 Å². The van der Waals surface area contributed by atoms with E-state index in [4.69, 9.17) is 4.74 Å². The number of carbonyl (C=O) groups excluding carboxylic acids is 1. The second kappa shape index (κ2) is 10.8. The second-order valence-corrected chi connectivity index (χ2v) is 12.8. The van der Waals surface area contributed by atoms with Crippen LogP contribution in [-0.2, 0) is 9.53 Å². The summed E-state index contributed by atoms with van der Waals surface area (Å²) in [5.41, 5.74) is 1.95. The number of fused-ring (bicyclic) bond motifs is 5. The molecule has 0 aromatic carbocycles. The Labute approximate surface area is 210 Å². The van der Waals surface area contributed by atoms with E-state index in [0.717, 1.165) is 30.6 Å². The van der Waals surface area contributed by atoms with Gasteiger partial charge in [-0.1, -0.05) is 70.9 Å². The molecule has 0 unspecified atom stereocenters. The average Bonchev–Trinajstić information content (AvgIpc) is 3.11. The molecule has 0 bridgehead atoms. The third-order valence-electron chi connectivity index (χ3n) is 10.8. The van der Waals surface area contributed by atoms with E-state index in [-0.39, 0.29) is 5.41 Å². The van der Waals surface area contributed by atoms with Crippen molar-refractivity contribution in [3.63, 3.8) is 0 Å². The maximum absolute atomic E-state index is 12.6. The maximum Gasteiger partial charge on any atom is 0.399 e. The summed E-state index contributed by atoms with van der Waals surface area (Å²) in [5, 5.41) is 0. The molecule has 0 saturated heterocycles. The van der Waals surface area contributed by atoms with Crippen LogP contribution in [0.1, 0.15) is 124 Å². The van der Waals surface area contributed by atoms with Gasteiger partial charge in [0.1, 0.15) is 12.5 Å². The van der Waals surface area contributed by atoms with Crippen molar-refractivity contribution in [2.75, 3.05) is 0 Å². The second-order valence-electron chi connectivity index (χ2n) is 12.8. The summed E-state index contributed by atoms with van der Waals surface area (Å²) in [7, 11) is 0. The summed E-state index contributed by atoms with van der Waals surface area (Å²) >= 11 is 0.